The number of cyclic esters (lactones) is 1. The second kappa shape index (κ2) is 3.07. The largest absolute Gasteiger partial charge is 0.484 e. The summed E-state index contributed by atoms with van der Waals surface area (Å²) >= 11 is 0. The SMILES string of the molecule is C[C@@H]1Cc2ccc3c(c2C(=O)O1)OCC3=O. The van der Waals surface area contributed by atoms with Gasteiger partial charge in [0.15, 0.2) is 6.61 Å². The van der Waals surface area contributed by atoms with Crippen LogP contribution in [0, 0.1) is 0 Å². The number of carbonyl (C=O) groups is 2. The topological polar surface area (TPSA) is 52.6 Å². The standard InChI is InChI=1S/C12H10O4/c1-6-4-7-2-3-8-9(13)5-15-11(8)10(7)12(14)16-6/h2-3,6H,4-5H2,1H3/t6-/m1/s1. The number of hydrogen-bond acceptors (Lipinski definition) is 4. The third-order valence-corrected chi connectivity index (χ3v) is 2.91. The van der Waals surface area contributed by atoms with Gasteiger partial charge in [0.25, 0.3) is 0 Å². The molecule has 1 aromatic carbocycles. The monoisotopic (exact) mass is 218 g/mol. The first-order chi connectivity index (χ1) is 7.66. The van der Waals surface area contributed by atoms with Gasteiger partial charge >= 0.3 is 5.97 Å². The predicted octanol–water partition coefficient (Wildman–Crippen LogP) is 1.36. The lowest BCUT2D eigenvalue weighted by Crippen LogP contribution is -2.25. The van der Waals surface area contributed by atoms with Crippen molar-refractivity contribution in [2.24, 2.45) is 0 Å². The van der Waals surface area contributed by atoms with E-state index in [0.717, 1.165) is 5.56 Å². The molecule has 2 aliphatic heterocycles. The first-order valence-electron chi connectivity index (χ1n) is 5.19. The Balaban J connectivity index is 2.22. The zero-order valence-corrected chi connectivity index (χ0v) is 8.78. The summed E-state index contributed by atoms with van der Waals surface area (Å²) in [7, 11) is 0. The van der Waals surface area contributed by atoms with Crippen LogP contribution in [0.3, 0.4) is 0 Å². The molecule has 0 aliphatic carbocycles. The number of rotatable bonds is 0. The van der Waals surface area contributed by atoms with Crippen molar-refractivity contribution in [2.45, 2.75) is 19.4 Å². The lowest BCUT2D eigenvalue weighted by Gasteiger charge is -2.22. The smallest absolute Gasteiger partial charge is 0.342 e. The van der Waals surface area contributed by atoms with Crippen molar-refractivity contribution in [2.75, 3.05) is 6.61 Å². The zero-order chi connectivity index (χ0) is 11.3. The lowest BCUT2D eigenvalue weighted by atomic mass is 9.95. The van der Waals surface area contributed by atoms with Gasteiger partial charge in [0.2, 0.25) is 5.78 Å². The van der Waals surface area contributed by atoms with Crippen LogP contribution in [-0.2, 0) is 11.2 Å². The predicted molar refractivity (Wildman–Crippen MR) is 54.8 cm³/mol. The molecule has 4 heteroatoms. The molecule has 1 aromatic rings. The molecule has 3 rings (SSSR count). The van der Waals surface area contributed by atoms with Crippen LogP contribution >= 0.6 is 0 Å². The van der Waals surface area contributed by atoms with Gasteiger partial charge in [-0.3, -0.25) is 4.79 Å². The molecule has 0 bridgehead atoms. The Morgan fingerprint density at radius 2 is 2.12 bits per heavy atom. The minimum absolute atomic E-state index is 0.0224. The summed E-state index contributed by atoms with van der Waals surface area (Å²) in [5.74, 6) is -0.0658. The Labute approximate surface area is 92.2 Å². The molecule has 82 valence electrons. The van der Waals surface area contributed by atoms with E-state index in [1.807, 2.05) is 13.0 Å². The highest BCUT2D eigenvalue weighted by Gasteiger charge is 2.33. The summed E-state index contributed by atoms with van der Waals surface area (Å²) in [5, 5.41) is 0. The lowest BCUT2D eigenvalue weighted by molar-refractivity contribution is 0.0296. The van der Waals surface area contributed by atoms with Gasteiger partial charge in [-0.25, -0.2) is 4.79 Å². The average Bonchev–Trinajstić information content (AvgIpc) is 2.59. The molecule has 2 aliphatic rings. The summed E-state index contributed by atoms with van der Waals surface area (Å²) in [6, 6.07) is 3.55. The number of Topliss-reactive ketones (excluding diaryl/α,β-unsaturated/α-hetero) is 1. The first kappa shape index (κ1) is 9.39. The normalized spacial score (nSPS) is 22.2. The molecule has 0 saturated heterocycles. The molecule has 0 unspecified atom stereocenters. The van der Waals surface area contributed by atoms with Crippen molar-refractivity contribution in [3.05, 3.63) is 28.8 Å². The summed E-state index contributed by atoms with van der Waals surface area (Å²) in [6.07, 6.45) is 0.557. The molecular weight excluding hydrogens is 208 g/mol. The fourth-order valence-corrected chi connectivity index (χ4v) is 2.20. The van der Waals surface area contributed by atoms with E-state index < -0.39 is 0 Å². The summed E-state index contributed by atoms with van der Waals surface area (Å²) in [5.41, 5.74) is 1.82. The van der Waals surface area contributed by atoms with Crippen LogP contribution in [0.2, 0.25) is 0 Å². The van der Waals surface area contributed by atoms with Crippen molar-refractivity contribution in [1.82, 2.24) is 0 Å². The molecule has 2 heterocycles. The Hall–Kier alpha value is -1.84. The molecule has 0 radical (unpaired) electrons. The molecule has 0 spiro atoms. The van der Waals surface area contributed by atoms with E-state index in [1.54, 1.807) is 6.07 Å². The van der Waals surface area contributed by atoms with Crippen LogP contribution < -0.4 is 4.74 Å². The summed E-state index contributed by atoms with van der Waals surface area (Å²) < 4.78 is 10.4. The fourth-order valence-electron chi connectivity index (χ4n) is 2.20. The Kier molecular flexibility index (Phi) is 1.80. The maximum Gasteiger partial charge on any atom is 0.342 e. The number of ether oxygens (including phenoxy) is 2. The van der Waals surface area contributed by atoms with Crippen LogP contribution in [0.4, 0.5) is 0 Å². The molecule has 1 atom stereocenters. The quantitative estimate of drug-likeness (QED) is 0.617. The van der Waals surface area contributed by atoms with Gasteiger partial charge in [0.1, 0.15) is 17.4 Å². The third kappa shape index (κ3) is 1.16. The molecule has 16 heavy (non-hydrogen) atoms. The van der Waals surface area contributed by atoms with Gasteiger partial charge in [-0.1, -0.05) is 6.07 Å². The highest BCUT2D eigenvalue weighted by molar-refractivity contribution is 6.07. The molecule has 0 saturated carbocycles. The van der Waals surface area contributed by atoms with E-state index in [1.165, 1.54) is 0 Å². The van der Waals surface area contributed by atoms with E-state index in [-0.39, 0.29) is 24.5 Å². The molecule has 0 aromatic heterocycles. The maximum absolute atomic E-state index is 11.7. The fraction of sp³-hybridized carbons (Fsp3) is 0.333. The van der Waals surface area contributed by atoms with Crippen LogP contribution in [0.25, 0.3) is 0 Å². The van der Waals surface area contributed by atoms with Gasteiger partial charge in [-0.2, -0.15) is 0 Å². The second-order valence-corrected chi connectivity index (χ2v) is 4.11. The Bertz CT molecular complexity index is 504. The minimum Gasteiger partial charge on any atom is -0.484 e. The van der Waals surface area contributed by atoms with Crippen LogP contribution in [-0.4, -0.2) is 24.5 Å². The van der Waals surface area contributed by atoms with Gasteiger partial charge in [0, 0.05) is 6.42 Å². The second-order valence-electron chi connectivity index (χ2n) is 4.11. The highest BCUT2D eigenvalue weighted by Crippen LogP contribution is 2.35. The van der Waals surface area contributed by atoms with E-state index >= 15 is 0 Å². The van der Waals surface area contributed by atoms with E-state index in [2.05, 4.69) is 0 Å². The van der Waals surface area contributed by atoms with E-state index in [4.69, 9.17) is 9.47 Å². The van der Waals surface area contributed by atoms with Gasteiger partial charge in [-0.15, -0.1) is 0 Å². The van der Waals surface area contributed by atoms with Crippen molar-refractivity contribution >= 4 is 11.8 Å². The third-order valence-electron chi connectivity index (χ3n) is 2.91. The highest BCUT2D eigenvalue weighted by atomic mass is 16.5. The Morgan fingerprint density at radius 1 is 1.31 bits per heavy atom. The zero-order valence-electron chi connectivity index (χ0n) is 8.78. The van der Waals surface area contributed by atoms with Gasteiger partial charge in [-0.05, 0) is 18.6 Å². The molecule has 0 fully saturated rings. The molecule has 4 nitrogen and oxygen atoms in total. The number of ketones is 1. The van der Waals surface area contributed by atoms with Gasteiger partial charge < -0.3 is 9.47 Å². The molecular formula is C12H10O4. The molecule has 0 amide bonds. The maximum atomic E-state index is 11.7. The number of esters is 1. The van der Waals surface area contributed by atoms with E-state index in [0.29, 0.717) is 23.3 Å². The number of fused-ring (bicyclic) bond motifs is 3. The van der Waals surface area contributed by atoms with Crippen LogP contribution in [0.5, 0.6) is 5.75 Å². The van der Waals surface area contributed by atoms with Gasteiger partial charge in [0.05, 0.1) is 5.56 Å². The van der Waals surface area contributed by atoms with Crippen LogP contribution in [0.1, 0.15) is 33.2 Å². The van der Waals surface area contributed by atoms with Crippen LogP contribution in [0.15, 0.2) is 12.1 Å². The molecule has 0 N–H and O–H groups in total. The number of benzene rings is 1. The number of carbonyl (C=O) groups excluding carboxylic acids is 2. The van der Waals surface area contributed by atoms with Crippen molar-refractivity contribution in [1.29, 1.82) is 0 Å². The number of hydrogen-bond donors (Lipinski definition) is 0. The Morgan fingerprint density at radius 3 is 2.94 bits per heavy atom. The van der Waals surface area contributed by atoms with Crippen molar-refractivity contribution < 1.29 is 19.1 Å². The minimum atomic E-state index is -0.389. The van der Waals surface area contributed by atoms with Crippen molar-refractivity contribution in [3.8, 4) is 5.75 Å². The summed E-state index contributed by atoms with van der Waals surface area (Å²) in [6.45, 7) is 1.87. The summed E-state index contributed by atoms with van der Waals surface area (Å²) in [4.78, 5) is 23.2. The first-order valence-corrected chi connectivity index (χ1v) is 5.19. The van der Waals surface area contributed by atoms with E-state index in [9.17, 15) is 9.59 Å². The van der Waals surface area contributed by atoms with Crippen molar-refractivity contribution in [3.63, 3.8) is 0 Å². The average molecular weight is 218 g/mol.